The van der Waals surface area contributed by atoms with E-state index >= 15 is 0 Å². The Labute approximate surface area is 146 Å². The second-order valence-corrected chi connectivity index (χ2v) is 7.68. The monoisotopic (exact) mass is 330 g/mol. The van der Waals surface area contributed by atoms with E-state index in [0.29, 0.717) is 13.2 Å². The summed E-state index contributed by atoms with van der Waals surface area (Å²) in [5.41, 5.74) is 0.997. The number of hydrogen-bond acceptors (Lipinski definition) is 3. The summed E-state index contributed by atoms with van der Waals surface area (Å²) < 4.78 is 18.9. The van der Waals surface area contributed by atoms with Gasteiger partial charge in [-0.3, -0.25) is 0 Å². The van der Waals surface area contributed by atoms with Crippen LogP contribution >= 0.6 is 0 Å². The number of rotatable bonds is 6. The van der Waals surface area contributed by atoms with Crippen molar-refractivity contribution in [2.45, 2.75) is 70.6 Å². The molecule has 1 aliphatic heterocycles. The van der Waals surface area contributed by atoms with Gasteiger partial charge in [-0.15, -0.1) is 6.58 Å². The molecular formula is C21H30O3. The first kappa shape index (κ1) is 17.7. The van der Waals surface area contributed by atoms with E-state index in [1.807, 2.05) is 24.3 Å². The van der Waals surface area contributed by atoms with E-state index in [1.165, 1.54) is 24.8 Å². The Morgan fingerprint density at radius 3 is 2.62 bits per heavy atom. The molecule has 0 amide bonds. The van der Waals surface area contributed by atoms with Gasteiger partial charge in [0.2, 0.25) is 0 Å². The molecule has 1 heterocycles. The molecule has 132 valence electrons. The molecule has 2 aliphatic rings. The van der Waals surface area contributed by atoms with E-state index in [4.69, 9.17) is 14.2 Å². The Morgan fingerprint density at radius 1 is 1.25 bits per heavy atom. The summed E-state index contributed by atoms with van der Waals surface area (Å²) in [7, 11) is 0. The van der Waals surface area contributed by atoms with E-state index in [1.54, 1.807) is 0 Å². The molecule has 1 aliphatic carbocycles. The van der Waals surface area contributed by atoms with Crippen LogP contribution in [0.4, 0.5) is 0 Å². The molecule has 0 aromatic heterocycles. The molecule has 1 spiro atoms. The first-order chi connectivity index (χ1) is 11.5. The molecule has 3 nitrogen and oxygen atoms in total. The largest absolute Gasteiger partial charge is 0.370 e. The van der Waals surface area contributed by atoms with Crippen LogP contribution in [-0.2, 0) is 20.8 Å². The molecule has 0 bridgehead atoms. The normalized spacial score (nSPS) is 24.8. The van der Waals surface area contributed by atoms with Crippen molar-refractivity contribution in [3.63, 3.8) is 0 Å². The van der Waals surface area contributed by atoms with Crippen LogP contribution in [0.3, 0.4) is 0 Å². The van der Waals surface area contributed by atoms with Gasteiger partial charge in [-0.25, -0.2) is 0 Å². The molecule has 1 aromatic rings. The lowest BCUT2D eigenvalue weighted by Crippen LogP contribution is -2.43. The van der Waals surface area contributed by atoms with Gasteiger partial charge in [0.1, 0.15) is 6.10 Å². The number of benzene rings is 1. The molecule has 0 unspecified atom stereocenters. The lowest BCUT2D eigenvalue weighted by molar-refractivity contribution is -0.205. The highest BCUT2D eigenvalue weighted by molar-refractivity contribution is 5.13. The standard InChI is InChI=1S/C21H30O3/c1-4-20(2,3)19(22-15-17-11-7-5-8-12-17)18-16-23-21(24-18)13-9-6-10-14-21/h4-5,7-8,11-12,18-19H,1,6,9-10,13-16H2,2-3H3/t18-,19+/m1/s1. The maximum Gasteiger partial charge on any atom is 0.169 e. The fourth-order valence-electron chi connectivity index (χ4n) is 3.76. The topological polar surface area (TPSA) is 27.7 Å². The lowest BCUT2D eigenvalue weighted by atomic mass is 9.83. The predicted octanol–water partition coefficient (Wildman–Crippen LogP) is 4.86. The number of hydrogen-bond donors (Lipinski definition) is 0. The van der Waals surface area contributed by atoms with E-state index in [9.17, 15) is 0 Å². The third-order valence-corrected chi connectivity index (χ3v) is 5.36. The van der Waals surface area contributed by atoms with Gasteiger partial charge in [-0.1, -0.05) is 56.7 Å². The molecule has 0 radical (unpaired) electrons. The number of ether oxygens (including phenoxy) is 3. The fourth-order valence-corrected chi connectivity index (χ4v) is 3.76. The van der Waals surface area contributed by atoms with Gasteiger partial charge >= 0.3 is 0 Å². The van der Waals surface area contributed by atoms with Crippen molar-refractivity contribution in [3.05, 3.63) is 48.6 Å². The van der Waals surface area contributed by atoms with Crippen LogP contribution < -0.4 is 0 Å². The third-order valence-electron chi connectivity index (χ3n) is 5.36. The van der Waals surface area contributed by atoms with Crippen molar-refractivity contribution in [3.8, 4) is 0 Å². The zero-order valence-corrected chi connectivity index (χ0v) is 15.0. The quantitative estimate of drug-likeness (QED) is 0.697. The summed E-state index contributed by atoms with van der Waals surface area (Å²) >= 11 is 0. The van der Waals surface area contributed by atoms with Gasteiger partial charge in [0, 0.05) is 18.3 Å². The van der Waals surface area contributed by atoms with Crippen LogP contribution in [0.15, 0.2) is 43.0 Å². The molecule has 3 heteroatoms. The van der Waals surface area contributed by atoms with Crippen molar-refractivity contribution in [2.24, 2.45) is 5.41 Å². The van der Waals surface area contributed by atoms with E-state index in [-0.39, 0.29) is 23.4 Å². The van der Waals surface area contributed by atoms with Gasteiger partial charge in [-0.2, -0.15) is 0 Å². The second-order valence-electron chi connectivity index (χ2n) is 7.68. The average Bonchev–Trinajstić information content (AvgIpc) is 2.99. The molecule has 1 aromatic carbocycles. The van der Waals surface area contributed by atoms with Crippen LogP contribution in [0.25, 0.3) is 0 Å². The maximum atomic E-state index is 6.43. The summed E-state index contributed by atoms with van der Waals surface area (Å²) in [6.07, 6.45) is 7.52. The first-order valence-electron chi connectivity index (χ1n) is 9.16. The Bertz CT molecular complexity index is 531. The zero-order valence-electron chi connectivity index (χ0n) is 15.0. The van der Waals surface area contributed by atoms with Crippen molar-refractivity contribution in [1.29, 1.82) is 0 Å². The first-order valence-corrected chi connectivity index (χ1v) is 9.16. The minimum absolute atomic E-state index is 0.0418. The van der Waals surface area contributed by atoms with Gasteiger partial charge in [0.05, 0.1) is 19.3 Å². The minimum Gasteiger partial charge on any atom is -0.370 e. The molecule has 2 atom stereocenters. The van der Waals surface area contributed by atoms with Crippen molar-refractivity contribution in [1.82, 2.24) is 0 Å². The van der Waals surface area contributed by atoms with Gasteiger partial charge in [0.25, 0.3) is 0 Å². The van der Waals surface area contributed by atoms with Gasteiger partial charge < -0.3 is 14.2 Å². The molecular weight excluding hydrogens is 300 g/mol. The van der Waals surface area contributed by atoms with Crippen molar-refractivity contribution < 1.29 is 14.2 Å². The van der Waals surface area contributed by atoms with Gasteiger partial charge in [0.15, 0.2) is 5.79 Å². The lowest BCUT2D eigenvalue weighted by Gasteiger charge is -2.37. The van der Waals surface area contributed by atoms with Crippen LogP contribution in [0.2, 0.25) is 0 Å². The van der Waals surface area contributed by atoms with Crippen LogP contribution in [0, 0.1) is 5.41 Å². The van der Waals surface area contributed by atoms with E-state index in [2.05, 4.69) is 32.6 Å². The summed E-state index contributed by atoms with van der Waals surface area (Å²) in [4.78, 5) is 0. The smallest absolute Gasteiger partial charge is 0.169 e. The SMILES string of the molecule is C=CC(C)(C)[C@@H](OCc1ccccc1)[C@H]1COC2(CCCCC2)O1. The van der Waals surface area contributed by atoms with Crippen molar-refractivity contribution in [2.75, 3.05) is 6.61 Å². The van der Waals surface area contributed by atoms with E-state index < -0.39 is 0 Å². The molecule has 24 heavy (non-hydrogen) atoms. The zero-order chi connectivity index (χ0) is 17.0. The molecule has 1 saturated heterocycles. The van der Waals surface area contributed by atoms with Gasteiger partial charge in [-0.05, 0) is 18.4 Å². The van der Waals surface area contributed by atoms with Crippen LogP contribution in [0.5, 0.6) is 0 Å². The average molecular weight is 330 g/mol. The highest BCUT2D eigenvalue weighted by Crippen LogP contribution is 2.41. The summed E-state index contributed by atoms with van der Waals surface area (Å²) in [6.45, 7) is 9.51. The second kappa shape index (κ2) is 7.38. The summed E-state index contributed by atoms with van der Waals surface area (Å²) in [5, 5.41) is 0. The summed E-state index contributed by atoms with van der Waals surface area (Å²) in [5.74, 6) is -0.367. The highest BCUT2D eigenvalue weighted by atomic mass is 16.8. The van der Waals surface area contributed by atoms with E-state index in [0.717, 1.165) is 12.8 Å². The Kier molecular flexibility index (Phi) is 5.43. The molecule has 1 saturated carbocycles. The Hall–Kier alpha value is -1.16. The molecule has 0 N–H and O–H groups in total. The Morgan fingerprint density at radius 2 is 1.96 bits per heavy atom. The highest BCUT2D eigenvalue weighted by Gasteiger charge is 2.48. The predicted molar refractivity (Wildman–Crippen MR) is 95.6 cm³/mol. The third kappa shape index (κ3) is 3.90. The molecule has 3 rings (SSSR count). The maximum absolute atomic E-state index is 6.43. The minimum atomic E-state index is -0.367. The fraction of sp³-hybridized carbons (Fsp3) is 0.619. The van der Waals surface area contributed by atoms with Crippen LogP contribution in [-0.4, -0.2) is 24.6 Å². The van der Waals surface area contributed by atoms with Crippen molar-refractivity contribution >= 4 is 0 Å². The summed E-state index contributed by atoms with van der Waals surface area (Å²) in [6, 6.07) is 10.3. The molecule has 2 fully saturated rings. The van der Waals surface area contributed by atoms with Crippen LogP contribution in [0.1, 0.15) is 51.5 Å². The Balaban J connectivity index is 1.69.